The first-order chi connectivity index (χ1) is 16.9. The van der Waals surface area contributed by atoms with Gasteiger partial charge in [-0.1, -0.05) is 18.5 Å². The number of unbranched alkanes of at least 4 members (excludes halogenated alkanes) is 1. The van der Waals surface area contributed by atoms with Gasteiger partial charge in [-0.25, -0.2) is 0 Å². The van der Waals surface area contributed by atoms with Crippen molar-refractivity contribution in [1.29, 1.82) is 0 Å². The third kappa shape index (κ3) is 9.71. The van der Waals surface area contributed by atoms with E-state index >= 15 is 0 Å². The lowest BCUT2D eigenvalue weighted by molar-refractivity contribution is -0.384. The fraction of sp³-hybridized carbons (Fsp3) is 0.480. The second-order valence-corrected chi connectivity index (χ2v) is 8.59. The van der Waals surface area contributed by atoms with Crippen LogP contribution < -0.4 is 4.90 Å². The highest BCUT2D eigenvalue weighted by Crippen LogP contribution is 2.30. The van der Waals surface area contributed by atoms with Gasteiger partial charge < -0.3 is 14.9 Å². The van der Waals surface area contributed by atoms with E-state index in [2.05, 4.69) is 22.1 Å². The maximum Gasteiger partial charge on any atom is 0.271 e. The molecule has 10 heteroatoms. The minimum Gasteiger partial charge on any atom is -0.395 e. The molecule has 0 aliphatic heterocycles. The van der Waals surface area contributed by atoms with Crippen LogP contribution in [0.25, 0.3) is 0 Å². The molecule has 2 aromatic carbocycles. The molecule has 0 fully saturated rings. The third-order valence-corrected chi connectivity index (χ3v) is 5.82. The molecule has 190 valence electrons. The summed E-state index contributed by atoms with van der Waals surface area (Å²) in [6.07, 6.45) is 3.37. The van der Waals surface area contributed by atoms with Crippen molar-refractivity contribution in [3.05, 3.63) is 57.6 Å². The number of carbonyl (C=O) groups excluding carboxylic acids is 1. The number of anilines is 1. The number of hydrogen-bond donors (Lipinski definition) is 1. The van der Waals surface area contributed by atoms with Gasteiger partial charge in [-0.3, -0.25) is 14.9 Å². The highest BCUT2D eigenvalue weighted by molar-refractivity contribution is 6.33. The van der Waals surface area contributed by atoms with E-state index in [1.807, 2.05) is 24.0 Å². The Bertz CT molecular complexity index is 978. The number of carbonyl (C=O) groups is 1. The van der Waals surface area contributed by atoms with Crippen LogP contribution in [0.4, 0.5) is 22.7 Å². The van der Waals surface area contributed by atoms with Gasteiger partial charge in [0.05, 0.1) is 28.8 Å². The molecular weight excluding hydrogens is 470 g/mol. The number of nitro benzene ring substituents is 1. The number of azo groups is 1. The average Bonchev–Trinajstić information content (AvgIpc) is 2.85. The highest BCUT2D eigenvalue weighted by Gasteiger charge is 2.12. The van der Waals surface area contributed by atoms with E-state index in [1.165, 1.54) is 18.2 Å². The molecule has 0 heterocycles. The van der Waals surface area contributed by atoms with E-state index in [4.69, 9.17) is 16.7 Å². The van der Waals surface area contributed by atoms with Gasteiger partial charge in [-0.15, -0.1) is 5.11 Å². The predicted octanol–water partition coefficient (Wildman–Crippen LogP) is 5.93. The van der Waals surface area contributed by atoms with Crippen molar-refractivity contribution in [2.75, 3.05) is 44.2 Å². The van der Waals surface area contributed by atoms with Crippen molar-refractivity contribution in [1.82, 2.24) is 4.90 Å². The molecule has 0 aliphatic carbocycles. The number of likely N-dealkylation sites (N-methyl/N-ethyl adjacent to an activating group) is 1. The molecule has 9 nitrogen and oxygen atoms in total. The molecular formula is C25H34ClN5O4. The molecule has 1 N–H and O–H groups in total. The molecule has 2 rings (SSSR count). The Labute approximate surface area is 211 Å². The van der Waals surface area contributed by atoms with Gasteiger partial charge in [0, 0.05) is 37.3 Å². The maximum atomic E-state index is 12.5. The van der Waals surface area contributed by atoms with Crippen LogP contribution in [-0.4, -0.2) is 60.0 Å². The molecule has 2 aromatic rings. The number of Topliss-reactive ketones (excluding diaryl/α,β-unsaturated/α-hetero) is 1. The van der Waals surface area contributed by atoms with Crippen molar-refractivity contribution in [2.24, 2.45) is 10.2 Å². The molecule has 0 aliphatic rings. The number of aliphatic hydroxyl groups is 1. The van der Waals surface area contributed by atoms with Crippen LogP contribution in [0, 0.1) is 10.1 Å². The van der Waals surface area contributed by atoms with E-state index in [0.717, 1.165) is 38.0 Å². The van der Waals surface area contributed by atoms with Crippen molar-refractivity contribution in [3.63, 3.8) is 0 Å². The van der Waals surface area contributed by atoms with Crippen LogP contribution in [-0.2, 0) is 4.79 Å². The van der Waals surface area contributed by atoms with Crippen molar-refractivity contribution in [3.8, 4) is 0 Å². The first kappa shape index (κ1) is 28.4. The Hall–Kier alpha value is -2.88. The largest absolute Gasteiger partial charge is 0.395 e. The zero-order valence-electron chi connectivity index (χ0n) is 20.4. The second-order valence-electron chi connectivity index (χ2n) is 8.18. The lowest BCUT2D eigenvalue weighted by Crippen LogP contribution is -2.30. The molecule has 0 saturated heterocycles. The minimum absolute atomic E-state index is 0.104. The van der Waals surface area contributed by atoms with Gasteiger partial charge in [-0.2, -0.15) is 5.11 Å². The van der Waals surface area contributed by atoms with Crippen molar-refractivity contribution in [2.45, 2.75) is 39.5 Å². The number of rotatable bonds is 16. The zero-order valence-corrected chi connectivity index (χ0v) is 21.2. The SMILES string of the molecule is CCCN(CCO)CCCCC(=O)CN(CC)c1ccc(N=Nc2ccc([N+](=O)[O-])cc2Cl)cc1. The van der Waals surface area contributed by atoms with Gasteiger partial charge >= 0.3 is 0 Å². The summed E-state index contributed by atoms with van der Waals surface area (Å²) in [5, 5.41) is 28.3. The number of non-ortho nitro benzene ring substituents is 1. The van der Waals surface area contributed by atoms with Crippen molar-refractivity contribution >= 4 is 40.1 Å². The Kier molecular flexibility index (Phi) is 12.3. The number of benzene rings is 2. The average molecular weight is 504 g/mol. The Morgan fingerprint density at radius 3 is 2.40 bits per heavy atom. The Morgan fingerprint density at radius 1 is 1.06 bits per heavy atom. The Balaban J connectivity index is 1.87. The van der Waals surface area contributed by atoms with Crippen LogP contribution in [0.2, 0.25) is 5.02 Å². The van der Waals surface area contributed by atoms with Gasteiger partial charge in [0.2, 0.25) is 0 Å². The predicted molar refractivity (Wildman–Crippen MR) is 139 cm³/mol. The van der Waals surface area contributed by atoms with E-state index in [0.29, 0.717) is 37.4 Å². The molecule has 0 unspecified atom stereocenters. The minimum atomic E-state index is -0.518. The number of nitrogens with zero attached hydrogens (tertiary/aromatic N) is 5. The van der Waals surface area contributed by atoms with E-state index in [1.54, 1.807) is 12.1 Å². The summed E-state index contributed by atoms with van der Waals surface area (Å²) in [6, 6.07) is 11.4. The number of aliphatic hydroxyl groups excluding tert-OH is 1. The fourth-order valence-corrected chi connectivity index (χ4v) is 3.87. The monoisotopic (exact) mass is 503 g/mol. The van der Waals surface area contributed by atoms with Gasteiger partial charge in [-0.05, 0) is 69.6 Å². The number of nitro groups is 1. The summed E-state index contributed by atoms with van der Waals surface area (Å²) in [4.78, 5) is 27.1. The summed E-state index contributed by atoms with van der Waals surface area (Å²) in [6.45, 7) is 7.90. The molecule has 0 spiro atoms. The molecule has 0 bridgehead atoms. The Morgan fingerprint density at radius 2 is 1.80 bits per heavy atom. The molecule has 0 saturated carbocycles. The summed E-state index contributed by atoms with van der Waals surface area (Å²) >= 11 is 6.05. The van der Waals surface area contributed by atoms with Crippen LogP contribution >= 0.6 is 11.6 Å². The second kappa shape index (κ2) is 15.2. The lowest BCUT2D eigenvalue weighted by atomic mass is 10.1. The normalized spacial score (nSPS) is 11.3. The zero-order chi connectivity index (χ0) is 25.6. The van der Waals surface area contributed by atoms with Crippen LogP contribution in [0.1, 0.15) is 39.5 Å². The number of hydrogen-bond acceptors (Lipinski definition) is 8. The third-order valence-electron chi connectivity index (χ3n) is 5.52. The molecule has 0 atom stereocenters. The van der Waals surface area contributed by atoms with Gasteiger partial charge in [0.15, 0.2) is 5.78 Å². The maximum absolute atomic E-state index is 12.5. The van der Waals surface area contributed by atoms with E-state index in [-0.39, 0.29) is 23.1 Å². The molecule has 0 aromatic heterocycles. The summed E-state index contributed by atoms with van der Waals surface area (Å²) in [7, 11) is 0. The first-order valence-electron chi connectivity index (χ1n) is 11.9. The quantitative estimate of drug-likeness (QED) is 0.131. The van der Waals surface area contributed by atoms with Crippen LogP contribution in [0.15, 0.2) is 52.7 Å². The summed E-state index contributed by atoms with van der Waals surface area (Å²) in [5.74, 6) is 0.202. The molecule has 0 radical (unpaired) electrons. The lowest BCUT2D eigenvalue weighted by Gasteiger charge is -2.23. The fourth-order valence-electron chi connectivity index (χ4n) is 3.66. The van der Waals surface area contributed by atoms with E-state index in [9.17, 15) is 14.9 Å². The summed E-state index contributed by atoms with van der Waals surface area (Å²) < 4.78 is 0. The highest BCUT2D eigenvalue weighted by atomic mass is 35.5. The number of ketones is 1. The van der Waals surface area contributed by atoms with Gasteiger partial charge in [0.1, 0.15) is 5.69 Å². The van der Waals surface area contributed by atoms with Gasteiger partial charge in [0.25, 0.3) is 5.69 Å². The van der Waals surface area contributed by atoms with Crippen molar-refractivity contribution < 1.29 is 14.8 Å². The molecule has 0 amide bonds. The summed E-state index contributed by atoms with van der Waals surface area (Å²) in [5.41, 5.74) is 1.76. The first-order valence-corrected chi connectivity index (χ1v) is 12.3. The number of halogens is 1. The van der Waals surface area contributed by atoms with E-state index < -0.39 is 4.92 Å². The van der Waals surface area contributed by atoms with Crippen LogP contribution in [0.5, 0.6) is 0 Å². The standard InChI is InChI=1S/C25H34ClN5O4/c1-3-14-29(16-17-32)15-6-5-7-23(33)19-30(4-2)21-10-8-20(9-11-21)27-28-25-13-12-22(31(34)35)18-24(25)26/h8-13,18,32H,3-7,14-17,19H2,1-2H3. The van der Waals surface area contributed by atoms with Crippen LogP contribution in [0.3, 0.4) is 0 Å². The molecule has 35 heavy (non-hydrogen) atoms. The topological polar surface area (TPSA) is 112 Å². The smallest absolute Gasteiger partial charge is 0.271 e.